The van der Waals surface area contributed by atoms with Crippen molar-refractivity contribution in [2.24, 2.45) is 0 Å². The van der Waals surface area contributed by atoms with E-state index in [1.165, 1.54) is 6.33 Å². The minimum Gasteiger partial charge on any atom is -0.364 e. The third kappa shape index (κ3) is 4.58. The number of pyridine rings is 2. The molecule has 0 unspecified atom stereocenters. The van der Waals surface area contributed by atoms with Crippen LogP contribution in [-0.4, -0.2) is 33.7 Å². The van der Waals surface area contributed by atoms with E-state index >= 15 is 0 Å². The van der Waals surface area contributed by atoms with Crippen LogP contribution < -0.4 is 10.9 Å². The molecule has 0 amide bonds. The van der Waals surface area contributed by atoms with Crippen molar-refractivity contribution in [2.75, 3.05) is 5.32 Å². The number of nitrogens with zero attached hydrogens (tertiary/aromatic N) is 8. The zero-order valence-electron chi connectivity index (χ0n) is 20.0. The number of benzene rings is 1. The normalized spacial score (nSPS) is 11.2. The van der Waals surface area contributed by atoms with Crippen LogP contribution in [0.25, 0.3) is 16.7 Å². The number of halogens is 1. The second kappa shape index (κ2) is 9.80. The van der Waals surface area contributed by atoms with E-state index in [0.29, 0.717) is 53.2 Å². The molecule has 5 aromatic heterocycles. The maximum absolute atomic E-state index is 12.0. The summed E-state index contributed by atoms with van der Waals surface area (Å²) < 4.78 is 5.19. The minimum atomic E-state index is -0.0280. The number of nitrogens with one attached hydrogen (secondary N) is 1. The Morgan fingerprint density at radius 1 is 1.00 bits per heavy atom. The average Bonchev–Trinajstić information content (AvgIpc) is 3.50. The summed E-state index contributed by atoms with van der Waals surface area (Å²) in [4.78, 5) is 25.2. The quantitative estimate of drug-likeness (QED) is 0.338. The van der Waals surface area contributed by atoms with Gasteiger partial charge in [-0.3, -0.25) is 13.9 Å². The first-order chi connectivity index (χ1) is 18.6. The second-order valence-electron chi connectivity index (χ2n) is 8.72. The van der Waals surface area contributed by atoms with Crippen molar-refractivity contribution >= 4 is 34.1 Å². The minimum absolute atomic E-state index is 0.0280. The highest BCUT2D eigenvalue weighted by Crippen LogP contribution is 2.21. The molecule has 0 saturated carbocycles. The molecule has 0 spiro atoms. The molecule has 1 aromatic carbocycles. The molecule has 10 nitrogen and oxygen atoms in total. The van der Waals surface area contributed by atoms with Crippen LogP contribution in [-0.2, 0) is 19.6 Å². The van der Waals surface area contributed by atoms with Gasteiger partial charge in [0.1, 0.15) is 29.6 Å². The third-order valence-corrected chi connectivity index (χ3v) is 6.41. The molecule has 0 aliphatic carbocycles. The van der Waals surface area contributed by atoms with Gasteiger partial charge in [0.25, 0.3) is 5.56 Å². The molecule has 0 bridgehead atoms. The van der Waals surface area contributed by atoms with Crippen molar-refractivity contribution < 1.29 is 0 Å². The molecular weight excluding hydrogens is 502 g/mol. The molecule has 5 heterocycles. The van der Waals surface area contributed by atoms with Gasteiger partial charge in [-0.25, -0.2) is 15.0 Å². The Kier molecular flexibility index (Phi) is 6.03. The van der Waals surface area contributed by atoms with E-state index in [9.17, 15) is 10.1 Å². The zero-order valence-corrected chi connectivity index (χ0v) is 20.7. The van der Waals surface area contributed by atoms with E-state index in [1.807, 2.05) is 41.2 Å². The number of hydrogen-bond donors (Lipinski definition) is 1. The van der Waals surface area contributed by atoms with Crippen LogP contribution in [0.3, 0.4) is 0 Å². The van der Waals surface area contributed by atoms with Gasteiger partial charge < -0.3 is 9.88 Å². The Balaban J connectivity index is 1.19. The van der Waals surface area contributed by atoms with Gasteiger partial charge in [-0.2, -0.15) is 10.4 Å². The SMILES string of the molecule is N#Cc1c(CNc2ncnc3nn(Cc4ccc(Cn5ccccc5=O)cc4)cc23)nc2cc(Cl)ccn12. The van der Waals surface area contributed by atoms with Gasteiger partial charge >= 0.3 is 0 Å². The van der Waals surface area contributed by atoms with Gasteiger partial charge in [-0.15, -0.1) is 0 Å². The largest absolute Gasteiger partial charge is 0.364 e. The molecule has 0 atom stereocenters. The van der Waals surface area contributed by atoms with E-state index in [-0.39, 0.29) is 5.56 Å². The number of fused-ring (bicyclic) bond motifs is 2. The molecule has 1 N–H and O–H groups in total. The van der Waals surface area contributed by atoms with Crippen LogP contribution in [0.4, 0.5) is 5.82 Å². The lowest BCUT2D eigenvalue weighted by Gasteiger charge is -2.07. The Hall–Kier alpha value is -5.01. The van der Waals surface area contributed by atoms with Crippen molar-refractivity contribution in [1.82, 2.24) is 33.7 Å². The monoisotopic (exact) mass is 521 g/mol. The second-order valence-corrected chi connectivity index (χ2v) is 9.15. The first-order valence-corrected chi connectivity index (χ1v) is 12.2. The van der Waals surface area contributed by atoms with Gasteiger partial charge in [0.05, 0.1) is 30.7 Å². The van der Waals surface area contributed by atoms with Crippen LogP contribution in [0.5, 0.6) is 0 Å². The fraction of sp³-hybridized carbons (Fsp3) is 0.111. The topological polar surface area (TPSA) is 119 Å². The van der Waals surface area contributed by atoms with Crippen LogP contribution in [0.1, 0.15) is 22.5 Å². The van der Waals surface area contributed by atoms with Crippen LogP contribution in [0, 0.1) is 11.3 Å². The molecule has 186 valence electrons. The lowest BCUT2D eigenvalue weighted by Crippen LogP contribution is -2.18. The van der Waals surface area contributed by atoms with E-state index in [0.717, 1.165) is 16.5 Å². The van der Waals surface area contributed by atoms with Crippen LogP contribution in [0.2, 0.25) is 5.02 Å². The van der Waals surface area contributed by atoms with Gasteiger partial charge in [0.15, 0.2) is 5.65 Å². The Morgan fingerprint density at radius 2 is 1.82 bits per heavy atom. The summed E-state index contributed by atoms with van der Waals surface area (Å²) in [6.07, 6.45) is 6.86. The molecule has 0 saturated heterocycles. The van der Waals surface area contributed by atoms with Gasteiger partial charge in [0, 0.05) is 35.7 Å². The Bertz CT molecular complexity index is 1880. The smallest absolute Gasteiger partial charge is 0.250 e. The highest BCUT2D eigenvalue weighted by atomic mass is 35.5. The molecule has 0 aliphatic heterocycles. The highest BCUT2D eigenvalue weighted by molar-refractivity contribution is 6.30. The molecule has 38 heavy (non-hydrogen) atoms. The van der Waals surface area contributed by atoms with E-state index in [1.54, 1.807) is 45.6 Å². The van der Waals surface area contributed by atoms with Crippen molar-refractivity contribution in [3.05, 3.63) is 117 Å². The highest BCUT2D eigenvalue weighted by Gasteiger charge is 2.14. The molecule has 6 aromatic rings. The number of hydrogen-bond acceptors (Lipinski definition) is 7. The summed E-state index contributed by atoms with van der Waals surface area (Å²) >= 11 is 6.08. The Morgan fingerprint density at radius 3 is 2.61 bits per heavy atom. The van der Waals surface area contributed by atoms with Crippen LogP contribution >= 0.6 is 11.6 Å². The molecular formula is C27H20ClN9O. The summed E-state index contributed by atoms with van der Waals surface area (Å²) in [6, 6.07) is 18.9. The van der Waals surface area contributed by atoms with Crippen molar-refractivity contribution in [3.8, 4) is 6.07 Å². The fourth-order valence-corrected chi connectivity index (χ4v) is 4.46. The maximum Gasteiger partial charge on any atom is 0.250 e. The van der Waals surface area contributed by atoms with Crippen molar-refractivity contribution in [2.45, 2.75) is 19.6 Å². The summed E-state index contributed by atoms with van der Waals surface area (Å²) in [5.74, 6) is 0.601. The van der Waals surface area contributed by atoms with E-state index in [4.69, 9.17) is 11.6 Å². The number of rotatable bonds is 7. The number of imidazole rings is 1. The van der Waals surface area contributed by atoms with Crippen molar-refractivity contribution in [3.63, 3.8) is 0 Å². The summed E-state index contributed by atoms with van der Waals surface area (Å²) in [5.41, 5.74) is 4.26. The summed E-state index contributed by atoms with van der Waals surface area (Å²) in [6.45, 7) is 1.36. The third-order valence-electron chi connectivity index (χ3n) is 6.17. The predicted octanol–water partition coefficient (Wildman–Crippen LogP) is 3.87. The number of nitriles is 1. The fourth-order valence-electron chi connectivity index (χ4n) is 4.31. The molecule has 0 radical (unpaired) electrons. The molecule has 0 fully saturated rings. The molecule has 0 aliphatic rings. The first kappa shape index (κ1) is 23.4. The first-order valence-electron chi connectivity index (χ1n) is 11.8. The standard InChI is InChI=1S/C27H20ClN9O/c28-20-8-10-37-23(12-29)22(33-24(37)11-20)13-30-26-21-16-36(34-27(21)32-17-31-26)15-19-6-4-18(5-7-19)14-35-9-2-1-3-25(35)38/h1-11,16-17H,13-15H2,(H,30,31,32,34). The lowest BCUT2D eigenvalue weighted by atomic mass is 10.1. The van der Waals surface area contributed by atoms with E-state index < -0.39 is 0 Å². The van der Waals surface area contributed by atoms with Crippen LogP contribution in [0.15, 0.2) is 84.3 Å². The maximum atomic E-state index is 12.0. The zero-order chi connectivity index (χ0) is 26.1. The van der Waals surface area contributed by atoms with Crippen molar-refractivity contribution in [1.29, 1.82) is 5.26 Å². The summed E-state index contributed by atoms with van der Waals surface area (Å²) in [7, 11) is 0. The average molecular weight is 522 g/mol. The predicted molar refractivity (Wildman–Crippen MR) is 143 cm³/mol. The molecule has 6 rings (SSSR count). The van der Waals surface area contributed by atoms with Gasteiger partial charge in [-0.05, 0) is 23.3 Å². The molecule has 11 heteroatoms. The number of aromatic nitrogens is 7. The summed E-state index contributed by atoms with van der Waals surface area (Å²) in [5, 5.41) is 18.9. The van der Waals surface area contributed by atoms with Gasteiger partial charge in [-0.1, -0.05) is 41.9 Å². The lowest BCUT2D eigenvalue weighted by molar-refractivity contribution is 0.692. The number of anilines is 1. The van der Waals surface area contributed by atoms with Gasteiger partial charge in [0.2, 0.25) is 0 Å². The van der Waals surface area contributed by atoms with E-state index in [2.05, 4.69) is 31.4 Å². The Labute approximate surface area is 221 Å².